The zero-order valence-electron chi connectivity index (χ0n) is 11.2. The van der Waals surface area contributed by atoms with Crippen LogP contribution < -0.4 is 9.47 Å². The first-order chi connectivity index (χ1) is 9.04. The second kappa shape index (κ2) is 8.04. The molecular formula is C14H19BrO4. The minimum Gasteiger partial charge on any atom is -0.504 e. The van der Waals surface area contributed by atoms with Crippen LogP contribution in [0, 0.1) is 5.92 Å². The number of carbonyl (C=O) groups excluding carboxylic acids is 1. The van der Waals surface area contributed by atoms with Gasteiger partial charge in [0, 0.05) is 11.8 Å². The Balaban J connectivity index is 2.72. The number of para-hydroxylation sites is 1. The third-order valence-corrected chi connectivity index (χ3v) is 2.76. The summed E-state index contributed by atoms with van der Waals surface area (Å²) in [5.41, 5.74) is 0. The minimum atomic E-state index is -0.362. The summed E-state index contributed by atoms with van der Waals surface area (Å²) >= 11 is 3.25. The molecule has 0 aliphatic carbocycles. The maximum atomic E-state index is 11.7. The van der Waals surface area contributed by atoms with E-state index in [2.05, 4.69) is 15.9 Å². The van der Waals surface area contributed by atoms with Crippen LogP contribution in [0.1, 0.15) is 26.7 Å². The van der Waals surface area contributed by atoms with Gasteiger partial charge in [-0.1, -0.05) is 35.8 Å². The molecule has 5 heteroatoms. The van der Waals surface area contributed by atoms with Gasteiger partial charge in [0.15, 0.2) is 11.5 Å². The second-order valence-corrected chi connectivity index (χ2v) is 5.34. The average Bonchev–Trinajstić information content (AvgIpc) is 2.37. The standard InChI is InChI=1S/C14H19BrO4/c1-10(2)6-7-13(17)19-14-11(16)4-3-5-12(14)18-9-8-15/h3-5,10,16H,6-9H2,1-2H3. The van der Waals surface area contributed by atoms with Gasteiger partial charge in [0.2, 0.25) is 5.75 Å². The van der Waals surface area contributed by atoms with Crippen molar-refractivity contribution in [3.63, 3.8) is 0 Å². The Morgan fingerprint density at radius 1 is 1.42 bits per heavy atom. The second-order valence-electron chi connectivity index (χ2n) is 4.55. The van der Waals surface area contributed by atoms with Crippen LogP contribution >= 0.6 is 15.9 Å². The zero-order valence-corrected chi connectivity index (χ0v) is 12.8. The van der Waals surface area contributed by atoms with Gasteiger partial charge in [-0.25, -0.2) is 0 Å². The normalized spacial score (nSPS) is 10.5. The summed E-state index contributed by atoms with van der Waals surface area (Å²) in [4.78, 5) is 11.7. The fraction of sp³-hybridized carbons (Fsp3) is 0.500. The molecule has 0 spiro atoms. The lowest BCUT2D eigenvalue weighted by Gasteiger charge is -2.12. The number of benzene rings is 1. The molecular weight excluding hydrogens is 312 g/mol. The van der Waals surface area contributed by atoms with Gasteiger partial charge in [-0.2, -0.15) is 0 Å². The minimum absolute atomic E-state index is 0.0926. The van der Waals surface area contributed by atoms with Crippen LogP contribution in [0.5, 0.6) is 17.2 Å². The molecule has 19 heavy (non-hydrogen) atoms. The van der Waals surface area contributed by atoms with Gasteiger partial charge in [-0.15, -0.1) is 0 Å². The van der Waals surface area contributed by atoms with Crippen molar-refractivity contribution in [3.8, 4) is 17.2 Å². The predicted molar refractivity (Wildman–Crippen MR) is 77.1 cm³/mol. The number of esters is 1. The van der Waals surface area contributed by atoms with Gasteiger partial charge < -0.3 is 14.6 Å². The number of aromatic hydroxyl groups is 1. The maximum Gasteiger partial charge on any atom is 0.311 e. The number of rotatable bonds is 7. The molecule has 1 aromatic carbocycles. The lowest BCUT2D eigenvalue weighted by atomic mass is 10.1. The van der Waals surface area contributed by atoms with Gasteiger partial charge in [-0.05, 0) is 24.5 Å². The van der Waals surface area contributed by atoms with Crippen LogP contribution in [0.15, 0.2) is 18.2 Å². The number of phenols is 1. The van der Waals surface area contributed by atoms with E-state index in [1.165, 1.54) is 6.07 Å². The SMILES string of the molecule is CC(C)CCC(=O)Oc1c(O)cccc1OCCBr. The molecule has 0 aliphatic heterocycles. The maximum absolute atomic E-state index is 11.7. The number of ether oxygens (including phenoxy) is 2. The van der Waals surface area contributed by atoms with E-state index in [0.29, 0.717) is 30.0 Å². The monoisotopic (exact) mass is 330 g/mol. The fourth-order valence-corrected chi connectivity index (χ4v) is 1.60. The van der Waals surface area contributed by atoms with E-state index >= 15 is 0 Å². The number of alkyl halides is 1. The molecule has 0 aromatic heterocycles. The fourth-order valence-electron chi connectivity index (χ4n) is 1.44. The summed E-state index contributed by atoms with van der Waals surface area (Å²) in [7, 11) is 0. The van der Waals surface area contributed by atoms with Crippen LogP contribution in [0.3, 0.4) is 0 Å². The number of carbonyl (C=O) groups is 1. The average molecular weight is 331 g/mol. The van der Waals surface area contributed by atoms with Crippen molar-refractivity contribution in [3.05, 3.63) is 18.2 Å². The Hall–Kier alpha value is -1.23. The summed E-state index contributed by atoms with van der Waals surface area (Å²) in [5.74, 6) is 0.444. The van der Waals surface area contributed by atoms with Gasteiger partial charge in [0.25, 0.3) is 0 Å². The van der Waals surface area contributed by atoms with Crippen molar-refractivity contribution in [1.82, 2.24) is 0 Å². The Bertz CT molecular complexity index is 418. The summed E-state index contributed by atoms with van der Waals surface area (Å²) in [6.45, 7) is 4.51. The van der Waals surface area contributed by atoms with Crippen LogP contribution in [0.4, 0.5) is 0 Å². The highest BCUT2D eigenvalue weighted by atomic mass is 79.9. The van der Waals surface area contributed by atoms with Crippen molar-refractivity contribution >= 4 is 21.9 Å². The van der Waals surface area contributed by atoms with Gasteiger partial charge >= 0.3 is 5.97 Å². The van der Waals surface area contributed by atoms with Crippen LogP contribution in [0.2, 0.25) is 0 Å². The molecule has 1 aromatic rings. The van der Waals surface area contributed by atoms with Gasteiger partial charge in [0.05, 0.1) is 6.61 Å². The van der Waals surface area contributed by atoms with E-state index in [0.717, 1.165) is 6.42 Å². The molecule has 0 atom stereocenters. The van der Waals surface area contributed by atoms with E-state index in [-0.39, 0.29) is 17.5 Å². The number of hydrogen-bond donors (Lipinski definition) is 1. The zero-order chi connectivity index (χ0) is 14.3. The molecule has 0 fully saturated rings. The first kappa shape index (κ1) is 15.8. The molecule has 1 N–H and O–H groups in total. The van der Waals surface area contributed by atoms with Crippen molar-refractivity contribution in [2.45, 2.75) is 26.7 Å². The van der Waals surface area contributed by atoms with Crippen LogP contribution in [0.25, 0.3) is 0 Å². The Kier molecular flexibility index (Phi) is 6.70. The Morgan fingerprint density at radius 2 is 2.16 bits per heavy atom. The highest BCUT2D eigenvalue weighted by Crippen LogP contribution is 2.36. The topological polar surface area (TPSA) is 55.8 Å². The van der Waals surface area contributed by atoms with Crippen molar-refractivity contribution < 1.29 is 19.4 Å². The van der Waals surface area contributed by atoms with Crippen molar-refractivity contribution in [2.75, 3.05) is 11.9 Å². The first-order valence-electron chi connectivity index (χ1n) is 6.26. The third-order valence-electron chi connectivity index (χ3n) is 2.43. The van der Waals surface area contributed by atoms with Crippen molar-refractivity contribution in [1.29, 1.82) is 0 Å². The molecule has 0 amide bonds. The third kappa shape index (κ3) is 5.51. The smallest absolute Gasteiger partial charge is 0.311 e. The van der Waals surface area contributed by atoms with Crippen molar-refractivity contribution in [2.24, 2.45) is 5.92 Å². The summed E-state index contributed by atoms with van der Waals surface area (Å²) in [6, 6.07) is 4.77. The quantitative estimate of drug-likeness (QED) is 0.472. The van der Waals surface area contributed by atoms with Gasteiger partial charge in [0.1, 0.15) is 0 Å². The van der Waals surface area contributed by atoms with E-state index in [1.54, 1.807) is 12.1 Å². The molecule has 0 heterocycles. The van der Waals surface area contributed by atoms with Gasteiger partial charge in [-0.3, -0.25) is 4.79 Å². The molecule has 0 radical (unpaired) electrons. The lowest BCUT2D eigenvalue weighted by Crippen LogP contribution is -2.10. The van der Waals surface area contributed by atoms with Crippen LogP contribution in [-0.4, -0.2) is 23.0 Å². The van der Waals surface area contributed by atoms with E-state index in [4.69, 9.17) is 9.47 Å². The number of phenolic OH excluding ortho intramolecular Hbond substituents is 1. The molecule has 1 rings (SSSR count). The molecule has 4 nitrogen and oxygen atoms in total. The highest BCUT2D eigenvalue weighted by molar-refractivity contribution is 9.09. The van der Waals surface area contributed by atoms with E-state index in [9.17, 15) is 9.90 Å². The lowest BCUT2D eigenvalue weighted by molar-refractivity contribution is -0.134. The highest BCUT2D eigenvalue weighted by Gasteiger charge is 2.15. The molecule has 0 bridgehead atoms. The molecule has 106 valence electrons. The summed E-state index contributed by atoms with van der Waals surface area (Å²) < 4.78 is 10.6. The number of halogens is 1. The summed E-state index contributed by atoms with van der Waals surface area (Å²) in [6.07, 6.45) is 1.08. The van der Waals surface area contributed by atoms with E-state index in [1.807, 2.05) is 13.8 Å². The molecule has 0 saturated heterocycles. The predicted octanol–water partition coefficient (Wildman–Crippen LogP) is 3.51. The first-order valence-corrected chi connectivity index (χ1v) is 7.38. The molecule has 0 unspecified atom stereocenters. The summed E-state index contributed by atoms with van der Waals surface area (Å²) in [5, 5.41) is 10.4. The molecule has 0 aliphatic rings. The number of hydrogen-bond acceptors (Lipinski definition) is 4. The van der Waals surface area contributed by atoms with Crippen LogP contribution in [-0.2, 0) is 4.79 Å². The Labute approximate surface area is 121 Å². The van der Waals surface area contributed by atoms with E-state index < -0.39 is 0 Å². The molecule has 0 saturated carbocycles. The largest absolute Gasteiger partial charge is 0.504 e. The Morgan fingerprint density at radius 3 is 2.79 bits per heavy atom.